The maximum atomic E-state index is 11.2. The number of halogens is 1. The highest BCUT2D eigenvalue weighted by Crippen LogP contribution is 2.31. The minimum absolute atomic E-state index is 0.173. The third kappa shape index (κ3) is 4.17. The maximum Gasteiger partial charge on any atom is 0.335 e. The van der Waals surface area contributed by atoms with Crippen LogP contribution in [0.5, 0.6) is 11.5 Å². The number of carboxylic acids is 1. The van der Waals surface area contributed by atoms with E-state index >= 15 is 0 Å². The van der Waals surface area contributed by atoms with Crippen LogP contribution in [0, 0.1) is 0 Å². The summed E-state index contributed by atoms with van der Waals surface area (Å²) in [6.07, 6.45) is 0. The van der Waals surface area contributed by atoms with Gasteiger partial charge in [-0.15, -0.1) is 0 Å². The zero-order valence-electron chi connectivity index (χ0n) is 14.8. The largest absolute Gasteiger partial charge is 0.495 e. The molecule has 0 fully saturated rings. The predicted molar refractivity (Wildman–Crippen MR) is 103 cm³/mol. The molecule has 0 bridgehead atoms. The Balaban J connectivity index is 1.76. The number of hydrogen-bond donors (Lipinski definition) is 2. The number of methoxy groups -OCH3 is 2. The van der Waals surface area contributed by atoms with Gasteiger partial charge in [-0.1, -0.05) is 11.6 Å². The van der Waals surface area contributed by atoms with Crippen molar-refractivity contribution in [1.82, 2.24) is 0 Å². The van der Waals surface area contributed by atoms with Crippen LogP contribution in [-0.2, 0) is 6.54 Å². The molecule has 0 aliphatic heterocycles. The van der Waals surface area contributed by atoms with Gasteiger partial charge in [-0.25, -0.2) is 4.79 Å². The summed E-state index contributed by atoms with van der Waals surface area (Å²) < 4.78 is 16.3. The van der Waals surface area contributed by atoms with E-state index in [-0.39, 0.29) is 5.56 Å². The van der Waals surface area contributed by atoms with Crippen LogP contribution in [0.3, 0.4) is 0 Å². The van der Waals surface area contributed by atoms with Gasteiger partial charge in [0.05, 0.1) is 37.0 Å². The number of ether oxygens (including phenoxy) is 2. The fourth-order valence-corrected chi connectivity index (χ4v) is 2.87. The lowest BCUT2D eigenvalue weighted by molar-refractivity contribution is 0.0697. The van der Waals surface area contributed by atoms with E-state index in [0.717, 1.165) is 5.56 Å². The van der Waals surface area contributed by atoms with Crippen LogP contribution in [0.2, 0.25) is 5.02 Å². The Labute approximate surface area is 161 Å². The number of aromatic carboxylic acids is 1. The van der Waals surface area contributed by atoms with Crippen molar-refractivity contribution in [3.63, 3.8) is 0 Å². The minimum atomic E-state index is -1.00. The lowest BCUT2D eigenvalue weighted by atomic mass is 10.1. The molecule has 0 saturated carbocycles. The van der Waals surface area contributed by atoms with E-state index in [9.17, 15) is 4.79 Å². The van der Waals surface area contributed by atoms with Gasteiger partial charge in [-0.3, -0.25) is 0 Å². The molecule has 3 rings (SSSR count). The fourth-order valence-electron chi connectivity index (χ4n) is 2.61. The van der Waals surface area contributed by atoms with Gasteiger partial charge in [-0.05, 0) is 48.5 Å². The summed E-state index contributed by atoms with van der Waals surface area (Å²) in [5, 5.41) is 12.8. The van der Waals surface area contributed by atoms with Crippen molar-refractivity contribution in [3.05, 3.63) is 64.9 Å². The Morgan fingerprint density at radius 2 is 1.81 bits per heavy atom. The molecule has 6 nitrogen and oxygen atoms in total. The normalized spacial score (nSPS) is 10.5. The van der Waals surface area contributed by atoms with Crippen molar-refractivity contribution >= 4 is 23.3 Å². The highest BCUT2D eigenvalue weighted by molar-refractivity contribution is 6.32. The number of nitrogens with one attached hydrogen (secondary N) is 1. The summed E-state index contributed by atoms with van der Waals surface area (Å²) in [4.78, 5) is 11.2. The van der Waals surface area contributed by atoms with Gasteiger partial charge in [0.15, 0.2) is 0 Å². The van der Waals surface area contributed by atoms with Gasteiger partial charge in [0.2, 0.25) is 0 Å². The Morgan fingerprint density at radius 1 is 1.07 bits per heavy atom. The van der Waals surface area contributed by atoms with Crippen molar-refractivity contribution < 1.29 is 23.8 Å². The standard InChI is InChI=1S/C20H18ClNO5/c1-25-18-6-3-12(9-15(18)21)17-8-5-14(27-17)11-22-16-10-13(20(23)24)4-7-19(16)26-2/h3-10,22H,11H2,1-2H3,(H,23,24). The molecule has 0 amide bonds. The van der Waals surface area contributed by atoms with Crippen LogP contribution in [0.1, 0.15) is 16.1 Å². The molecular formula is C20H18ClNO5. The summed E-state index contributed by atoms with van der Waals surface area (Å²) in [5.41, 5.74) is 1.58. The van der Waals surface area contributed by atoms with Gasteiger partial charge in [-0.2, -0.15) is 0 Å². The monoisotopic (exact) mass is 387 g/mol. The van der Waals surface area contributed by atoms with Crippen molar-refractivity contribution in [1.29, 1.82) is 0 Å². The summed E-state index contributed by atoms with van der Waals surface area (Å²) in [5.74, 6) is 1.49. The number of anilines is 1. The van der Waals surface area contributed by atoms with Gasteiger partial charge in [0.1, 0.15) is 23.0 Å². The van der Waals surface area contributed by atoms with E-state index in [1.54, 1.807) is 25.3 Å². The molecular weight excluding hydrogens is 370 g/mol. The van der Waals surface area contributed by atoms with E-state index < -0.39 is 5.97 Å². The zero-order valence-corrected chi connectivity index (χ0v) is 15.5. The van der Waals surface area contributed by atoms with E-state index in [2.05, 4.69) is 5.32 Å². The summed E-state index contributed by atoms with van der Waals surface area (Å²) in [7, 11) is 3.09. The molecule has 0 saturated heterocycles. The second-order valence-corrected chi connectivity index (χ2v) is 6.10. The average Bonchev–Trinajstić information content (AvgIpc) is 3.15. The van der Waals surface area contributed by atoms with Gasteiger partial charge in [0.25, 0.3) is 0 Å². The molecule has 140 valence electrons. The third-order valence-electron chi connectivity index (χ3n) is 4.00. The van der Waals surface area contributed by atoms with E-state index in [1.165, 1.54) is 19.2 Å². The topological polar surface area (TPSA) is 80.9 Å². The number of hydrogen-bond acceptors (Lipinski definition) is 5. The van der Waals surface area contributed by atoms with Gasteiger partial charge in [0, 0.05) is 5.56 Å². The first-order valence-electron chi connectivity index (χ1n) is 8.09. The summed E-state index contributed by atoms with van der Waals surface area (Å²) in [6.45, 7) is 0.364. The molecule has 1 heterocycles. The number of carbonyl (C=O) groups is 1. The maximum absolute atomic E-state index is 11.2. The Kier molecular flexibility index (Phi) is 5.57. The number of rotatable bonds is 7. The van der Waals surface area contributed by atoms with Crippen LogP contribution in [0.15, 0.2) is 52.9 Å². The molecule has 0 spiro atoms. The van der Waals surface area contributed by atoms with Crippen molar-refractivity contribution in [3.8, 4) is 22.8 Å². The molecule has 3 aromatic rings. The lowest BCUT2D eigenvalue weighted by Crippen LogP contribution is -2.03. The summed E-state index contributed by atoms with van der Waals surface area (Å²) >= 11 is 6.16. The van der Waals surface area contributed by atoms with E-state index in [0.29, 0.717) is 40.3 Å². The number of benzene rings is 2. The fraction of sp³-hybridized carbons (Fsp3) is 0.150. The Hall–Kier alpha value is -3.12. The molecule has 0 radical (unpaired) electrons. The lowest BCUT2D eigenvalue weighted by Gasteiger charge is -2.11. The molecule has 7 heteroatoms. The van der Waals surface area contributed by atoms with Gasteiger partial charge >= 0.3 is 5.97 Å². The van der Waals surface area contributed by atoms with Crippen molar-refractivity contribution in [2.75, 3.05) is 19.5 Å². The Morgan fingerprint density at radius 3 is 2.48 bits per heavy atom. The average molecular weight is 388 g/mol. The molecule has 0 aliphatic rings. The van der Waals surface area contributed by atoms with E-state index in [4.69, 9.17) is 30.6 Å². The van der Waals surface area contributed by atoms with Crippen LogP contribution in [-0.4, -0.2) is 25.3 Å². The first-order chi connectivity index (χ1) is 13.0. The quantitative estimate of drug-likeness (QED) is 0.598. The molecule has 0 atom stereocenters. The molecule has 0 unspecified atom stereocenters. The number of carboxylic acid groups (broad SMARTS) is 1. The first kappa shape index (κ1) is 18.7. The molecule has 0 aliphatic carbocycles. The third-order valence-corrected chi connectivity index (χ3v) is 4.29. The first-order valence-corrected chi connectivity index (χ1v) is 8.47. The van der Waals surface area contributed by atoms with Crippen molar-refractivity contribution in [2.45, 2.75) is 6.54 Å². The molecule has 1 aromatic heterocycles. The second kappa shape index (κ2) is 8.05. The second-order valence-electron chi connectivity index (χ2n) is 5.69. The zero-order chi connectivity index (χ0) is 19.4. The predicted octanol–water partition coefficient (Wildman–Crippen LogP) is 4.93. The van der Waals surface area contributed by atoms with Crippen LogP contribution in [0.4, 0.5) is 5.69 Å². The van der Waals surface area contributed by atoms with Gasteiger partial charge < -0.3 is 24.3 Å². The summed E-state index contributed by atoms with van der Waals surface area (Å²) in [6, 6.07) is 13.7. The van der Waals surface area contributed by atoms with Crippen LogP contribution < -0.4 is 14.8 Å². The number of furan rings is 1. The molecule has 2 aromatic carbocycles. The minimum Gasteiger partial charge on any atom is -0.495 e. The van der Waals surface area contributed by atoms with Crippen LogP contribution >= 0.6 is 11.6 Å². The SMILES string of the molecule is COc1ccc(-c2ccc(CNc3cc(C(=O)O)ccc3OC)o2)cc1Cl. The highest BCUT2D eigenvalue weighted by atomic mass is 35.5. The smallest absolute Gasteiger partial charge is 0.335 e. The molecule has 2 N–H and O–H groups in total. The highest BCUT2D eigenvalue weighted by Gasteiger charge is 2.11. The Bertz CT molecular complexity index is 967. The van der Waals surface area contributed by atoms with Crippen molar-refractivity contribution in [2.24, 2.45) is 0 Å². The van der Waals surface area contributed by atoms with Crippen LogP contribution in [0.25, 0.3) is 11.3 Å². The molecule has 27 heavy (non-hydrogen) atoms. The van der Waals surface area contributed by atoms with E-state index in [1.807, 2.05) is 18.2 Å².